The normalized spacial score (nSPS) is 10.4. The predicted octanol–water partition coefficient (Wildman–Crippen LogP) is 2.32. The molecule has 9 heavy (non-hydrogen) atoms. The molecule has 0 radical (unpaired) electrons. The van der Waals surface area contributed by atoms with E-state index in [4.69, 9.17) is 0 Å². The minimum atomic E-state index is 0.249. The first-order valence-corrected chi connectivity index (χ1v) is 3.50. The quantitative estimate of drug-likeness (QED) is 0.528. The fourth-order valence-corrected chi connectivity index (χ4v) is 0.579. The van der Waals surface area contributed by atoms with Crippen molar-refractivity contribution in [3.8, 4) is 0 Å². The van der Waals surface area contributed by atoms with E-state index in [2.05, 4.69) is 0 Å². The first-order chi connectivity index (χ1) is 4.31. The third-order valence-electron chi connectivity index (χ3n) is 1.04. The van der Waals surface area contributed by atoms with Crippen molar-refractivity contribution in [1.82, 2.24) is 0 Å². The van der Waals surface area contributed by atoms with Gasteiger partial charge in [-0.25, -0.2) is 0 Å². The molecule has 0 spiro atoms. The monoisotopic (exact) mass is 126 g/mol. The van der Waals surface area contributed by atoms with Crippen LogP contribution in [0.1, 0.15) is 33.1 Å². The molecule has 0 rings (SSSR count). The summed E-state index contributed by atoms with van der Waals surface area (Å²) in [4.78, 5) is 10.7. The zero-order chi connectivity index (χ0) is 7.11. The lowest BCUT2D eigenvalue weighted by atomic mass is 10.2. The second kappa shape index (κ2) is 5.54. The highest BCUT2D eigenvalue weighted by Crippen LogP contribution is 1.91. The molecule has 0 aliphatic carbocycles. The van der Waals surface area contributed by atoms with Gasteiger partial charge in [0, 0.05) is 6.42 Å². The number of ketones is 1. The van der Waals surface area contributed by atoms with Gasteiger partial charge in [0.25, 0.3) is 0 Å². The van der Waals surface area contributed by atoms with Gasteiger partial charge in [-0.3, -0.25) is 4.79 Å². The molecule has 0 unspecified atom stereocenters. The maximum Gasteiger partial charge on any atom is 0.155 e. The summed E-state index contributed by atoms with van der Waals surface area (Å²) < 4.78 is 0. The van der Waals surface area contributed by atoms with Crippen molar-refractivity contribution in [2.75, 3.05) is 0 Å². The van der Waals surface area contributed by atoms with Gasteiger partial charge in [-0.05, 0) is 18.9 Å². The molecule has 0 aromatic rings. The summed E-state index contributed by atoms with van der Waals surface area (Å²) >= 11 is 0. The molecule has 0 fully saturated rings. The summed E-state index contributed by atoms with van der Waals surface area (Å²) in [6, 6.07) is 0. The Labute approximate surface area is 56.8 Å². The average Bonchev–Trinajstić information content (AvgIpc) is 1.85. The van der Waals surface area contributed by atoms with Crippen LogP contribution in [0.5, 0.6) is 0 Å². The molecule has 52 valence electrons. The van der Waals surface area contributed by atoms with Crippen molar-refractivity contribution in [3.05, 3.63) is 12.2 Å². The Balaban J connectivity index is 3.37. The SMILES string of the molecule is CC/C=C/C(=O)CCC. The molecule has 0 aliphatic heterocycles. The van der Waals surface area contributed by atoms with E-state index in [-0.39, 0.29) is 5.78 Å². The van der Waals surface area contributed by atoms with Gasteiger partial charge in [-0.15, -0.1) is 0 Å². The van der Waals surface area contributed by atoms with E-state index in [1.54, 1.807) is 6.08 Å². The summed E-state index contributed by atoms with van der Waals surface area (Å²) in [5.74, 6) is 0.249. The molecule has 0 aromatic carbocycles. The molecule has 1 heteroatoms. The highest BCUT2D eigenvalue weighted by atomic mass is 16.1. The van der Waals surface area contributed by atoms with E-state index in [9.17, 15) is 4.79 Å². The van der Waals surface area contributed by atoms with Crippen molar-refractivity contribution < 1.29 is 4.79 Å². The fraction of sp³-hybridized carbons (Fsp3) is 0.625. The van der Waals surface area contributed by atoms with Crippen molar-refractivity contribution >= 4 is 5.78 Å². The lowest BCUT2D eigenvalue weighted by molar-refractivity contribution is -0.114. The van der Waals surface area contributed by atoms with Gasteiger partial charge >= 0.3 is 0 Å². The Morgan fingerprint density at radius 3 is 2.56 bits per heavy atom. The Hall–Kier alpha value is -0.590. The van der Waals surface area contributed by atoms with Crippen LogP contribution in [0.3, 0.4) is 0 Å². The number of carbonyl (C=O) groups is 1. The molecular formula is C8H14O. The molecule has 0 aromatic heterocycles. The Bertz CT molecular complexity index is 103. The van der Waals surface area contributed by atoms with E-state index in [0.717, 1.165) is 12.8 Å². The van der Waals surface area contributed by atoms with Gasteiger partial charge in [-0.1, -0.05) is 19.9 Å². The lowest BCUT2D eigenvalue weighted by Crippen LogP contribution is -1.89. The number of hydrogen-bond acceptors (Lipinski definition) is 1. The van der Waals surface area contributed by atoms with Gasteiger partial charge in [0.05, 0.1) is 0 Å². The minimum absolute atomic E-state index is 0.249. The van der Waals surface area contributed by atoms with Crippen LogP contribution < -0.4 is 0 Å². The smallest absolute Gasteiger partial charge is 0.155 e. The largest absolute Gasteiger partial charge is 0.295 e. The van der Waals surface area contributed by atoms with Crippen molar-refractivity contribution in [2.24, 2.45) is 0 Å². The second-order valence-corrected chi connectivity index (χ2v) is 2.03. The Morgan fingerprint density at radius 1 is 1.44 bits per heavy atom. The van der Waals surface area contributed by atoms with E-state index >= 15 is 0 Å². The lowest BCUT2D eigenvalue weighted by Gasteiger charge is -1.86. The number of hydrogen-bond donors (Lipinski definition) is 0. The standard InChI is InChI=1S/C8H14O/c1-3-5-7-8(9)6-4-2/h5,7H,3-4,6H2,1-2H3/b7-5+. The molecule has 0 saturated carbocycles. The van der Waals surface area contributed by atoms with E-state index in [1.807, 2.05) is 19.9 Å². The predicted molar refractivity (Wildman–Crippen MR) is 39.3 cm³/mol. The molecule has 0 atom stereocenters. The van der Waals surface area contributed by atoms with Crippen LogP contribution in [0.2, 0.25) is 0 Å². The summed E-state index contributed by atoms with van der Waals surface area (Å²) in [5.41, 5.74) is 0. The first-order valence-electron chi connectivity index (χ1n) is 3.50. The molecule has 0 heterocycles. The maximum atomic E-state index is 10.7. The van der Waals surface area contributed by atoms with Crippen molar-refractivity contribution in [1.29, 1.82) is 0 Å². The van der Waals surface area contributed by atoms with Gasteiger partial charge in [0.15, 0.2) is 5.78 Å². The fourth-order valence-electron chi connectivity index (χ4n) is 0.579. The Kier molecular flexibility index (Phi) is 5.18. The van der Waals surface area contributed by atoms with Gasteiger partial charge in [0.1, 0.15) is 0 Å². The van der Waals surface area contributed by atoms with Gasteiger partial charge in [0.2, 0.25) is 0 Å². The van der Waals surface area contributed by atoms with Crippen LogP contribution in [-0.4, -0.2) is 5.78 Å². The van der Waals surface area contributed by atoms with Gasteiger partial charge in [-0.2, -0.15) is 0 Å². The topological polar surface area (TPSA) is 17.1 Å². The molecule has 0 bridgehead atoms. The summed E-state index contributed by atoms with van der Waals surface area (Å²) in [5, 5.41) is 0. The first kappa shape index (κ1) is 8.41. The van der Waals surface area contributed by atoms with Crippen molar-refractivity contribution in [3.63, 3.8) is 0 Å². The summed E-state index contributed by atoms with van der Waals surface area (Å²) in [6.45, 7) is 4.04. The highest BCUT2D eigenvalue weighted by molar-refractivity contribution is 5.89. The second-order valence-electron chi connectivity index (χ2n) is 2.03. The van der Waals surface area contributed by atoms with E-state index < -0.39 is 0 Å². The summed E-state index contributed by atoms with van der Waals surface area (Å²) in [6.07, 6.45) is 6.17. The maximum absolute atomic E-state index is 10.7. The average molecular weight is 126 g/mol. The Morgan fingerprint density at radius 2 is 2.11 bits per heavy atom. The van der Waals surface area contributed by atoms with E-state index in [0.29, 0.717) is 6.42 Å². The zero-order valence-corrected chi connectivity index (χ0v) is 6.18. The molecular weight excluding hydrogens is 112 g/mol. The summed E-state index contributed by atoms with van der Waals surface area (Å²) in [7, 11) is 0. The third kappa shape index (κ3) is 5.28. The molecule has 0 N–H and O–H groups in total. The van der Waals surface area contributed by atoms with Crippen LogP contribution in [0, 0.1) is 0 Å². The number of allylic oxidation sites excluding steroid dienone is 2. The van der Waals surface area contributed by atoms with Crippen LogP contribution in [0.25, 0.3) is 0 Å². The van der Waals surface area contributed by atoms with Crippen LogP contribution in [0.4, 0.5) is 0 Å². The third-order valence-corrected chi connectivity index (χ3v) is 1.04. The highest BCUT2D eigenvalue weighted by Gasteiger charge is 1.89. The molecule has 0 amide bonds. The zero-order valence-electron chi connectivity index (χ0n) is 6.18. The van der Waals surface area contributed by atoms with Crippen molar-refractivity contribution in [2.45, 2.75) is 33.1 Å². The van der Waals surface area contributed by atoms with Crippen LogP contribution in [0.15, 0.2) is 12.2 Å². The molecule has 0 aliphatic rings. The number of rotatable bonds is 4. The minimum Gasteiger partial charge on any atom is -0.295 e. The van der Waals surface area contributed by atoms with E-state index in [1.165, 1.54) is 0 Å². The molecule has 0 saturated heterocycles. The van der Waals surface area contributed by atoms with Crippen LogP contribution in [-0.2, 0) is 4.79 Å². The molecule has 1 nitrogen and oxygen atoms in total. The van der Waals surface area contributed by atoms with Crippen LogP contribution >= 0.6 is 0 Å². The number of carbonyl (C=O) groups excluding carboxylic acids is 1. The van der Waals surface area contributed by atoms with Gasteiger partial charge < -0.3 is 0 Å².